The zero-order valence-corrected chi connectivity index (χ0v) is 12.0. The van der Waals surface area contributed by atoms with E-state index in [0.717, 1.165) is 31.6 Å². The van der Waals surface area contributed by atoms with Crippen molar-refractivity contribution in [2.45, 2.75) is 25.6 Å². The molecule has 1 aliphatic heterocycles. The lowest BCUT2D eigenvalue weighted by molar-refractivity contribution is 0.0650. The smallest absolute Gasteiger partial charge is 0.203 e. The number of aliphatic hydroxyl groups is 1. The molecule has 2 heterocycles. The molecule has 106 valence electrons. The monoisotopic (exact) mass is 290 g/mol. The molecular formula is C14H18N4OS. The molecule has 1 aliphatic rings. The van der Waals surface area contributed by atoms with Crippen LogP contribution < -0.4 is 0 Å². The second-order valence-corrected chi connectivity index (χ2v) is 5.47. The van der Waals surface area contributed by atoms with Gasteiger partial charge in [0.2, 0.25) is 4.77 Å². The van der Waals surface area contributed by atoms with Gasteiger partial charge in [-0.1, -0.05) is 18.2 Å². The Balaban J connectivity index is 1.76. The number of nitrogens with zero attached hydrogens (tertiary/aromatic N) is 4. The second-order valence-electron chi connectivity index (χ2n) is 5.11. The molecule has 20 heavy (non-hydrogen) atoms. The minimum Gasteiger partial charge on any atom is -0.393 e. The zero-order chi connectivity index (χ0) is 13.9. The largest absolute Gasteiger partial charge is 0.393 e. The number of para-hydroxylation sites is 1. The Kier molecular flexibility index (Phi) is 3.95. The van der Waals surface area contributed by atoms with E-state index >= 15 is 0 Å². The van der Waals surface area contributed by atoms with Crippen molar-refractivity contribution in [2.75, 3.05) is 13.1 Å². The minimum absolute atomic E-state index is 0.152. The Bertz CT molecular complexity index is 614. The van der Waals surface area contributed by atoms with E-state index in [1.54, 1.807) is 6.33 Å². The highest BCUT2D eigenvalue weighted by atomic mass is 32.1. The molecule has 0 saturated carbocycles. The van der Waals surface area contributed by atoms with E-state index in [2.05, 4.69) is 10.00 Å². The number of rotatable bonds is 3. The summed E-state index contributed by atoms with van der Waals surface area (Å²) in [5, 5.41) is 13.9. The van der Waals surface area contributed by atoms with E-state index < -0.39 is 0 Å². The molecule has 0 atom stereocenters. The van der Waals surface area contributed by atoms with Crippen LogP contribution in [0.15, 0.2) is 36.7 Å². The molecule has 2 aromatic rings. The number of aromatic nitrogens is 3. The van der Waals surface area contributed by atoms with Crippen LogP contribution in [0.25, 0.3) is 5.69 Å². The molecule has 0 spiro atoms. The fourth-order valence-electron chi connectivity index (χ4n) is 2.45. The zero-order valence-electron chi connectivity index (χ0n) is 11.2. The van der Waals surface area contributed by atoms with Crippen LogP contribution in [0.3, 0.4) is 0 Å². The summed E-state index contributed by atoms with van der Waals surface area (Å²) in [4.78, 5) is 2.27. The molecule has 5 nitrogen and oxygen atoms in total. The summed E-state index contributed by atoms with van der Waals surface area (Å²) in [5.74, 6) is 0. The predicted octanol–water partition coefficient (Wildman–Crippen LogP) is 1.82. The fourth-order valence-corrected chi connectivity index (χ4v) is 2.71. The molecule has 0 amide bonds. The van der Waals surface area contributed by atoms with Gasteiger partial charge in [-0.2, -0.15) is 5.10 Å². The number of hydrogen-bond donors (Lipinski definition) is 1. The van der Waals surface area contributed by atoms with Crippen LogP contribution in [0.5, 0.6) is 0 Å². The Morgan fingerprint density at radius 3 is 2.60 bits per heavy atom. The predicted molar refractivity (Wildman–Crippen MR) is 79.2 cm³/mol. The molecule has 1 aromatic carbocycles. The summed E-state index contributed by atoms with van der Waals surface area (Å²) in [5.41, 5.74) is 1.03. The maximum absolute atomic E-state index is 9.53. The first kappa shape index (κ1) is 13.5. The Hall–Kier alpha value is -1.50. The lowest BCUT2D eigenvalue weighted by Gasteiger charge is -2.28. The standard InChI is InChI=1S/C14H18N4OS/c19-13-6-8-16(9-7-13)11-18-14(20)17(10-15-18)12-4-2-1-3-5-12/h1-5,10,13,19H,6-9,11H2. The van der Waals surface area contributed by atoms with Gasteiger partial charge in [0.1, 0.15) is 6.33 Å². The van der Waals surface area contributed by atoms with Crippen molar-refractivity contribution in [3.05, 3.63) is 41.4 Å². The van der Waals surface area contributed by atoms with Gasteiger partial charge in [0, 0.05) is 18.8 Å². The highest BCUT2D eigenvalue weighted by Crippen LogP contribution is 2.12. The number of aliphatic hydroxyl groups excluding tert-OH is 1. The summed E-state index contributed by atoms with van der Waals surface area (Å²) in [6.07, 6.45) is 3.26. The Labute approximate surface area is 123 Å². The Morgan fingerprint density at radius 2 is 1.90 bits per heavy atom. The number of hydrogen-bond acceptors (Lipinski definition) is 4. The second kappa shape index (κ2) is 5.87. The van der Waals surface area contributed by atoms with Crippen molar-refractivity contribution >= 4 is 12.2 Å². The van der Waals surface area contributed by atoms with Gasteiger partial charge < -0.3 is 5.11 Å². The first-order valence-electron chi connectivity index (χ1n) is 6.84. The molecule has 1 fully saturated rings. The normalized spacial score (nSPS) is 17.4. The van der Waals surface area contributed by atoms with Gasteiger partial charge in [-0.3, -0.25) is 9.47 Å². The van der Waals surface area contributed by atoms with Crippen LogP contribution in [0.2, 0.25) is 0 Å². The van der Waals surface area contributed by atoms with Gasteiger partial charge in [-0.25, -0.2) is 4.68 Å². The van der Waals surface area contributed by atoms with Crippen molar-refractivity contribution in [3.8, 4) is 5.69 Å². The molecular weight excluding hydrogens is 272 g/mol. The molecule has 1 N–H and O–H groups in total. The Morgan fingerprint density at radius 1 is 1.20 bits per heavy atom. The third kappa shape index (κ3) is 2.82. The van der Waals surface area contributed by atoms with Gasteiger partial charge in [-0.15, -0.1) is 0 Å². The van der Waals surface area contributed by atoms with Crippen LogP contribution in [0.4, 0.5) is 0 Å². The maximum Gasteiger partial charge on any atom is 0.203 e. The van der Waals surface area contributed by atoms with Gasteiger partial charge in [0.05, 0.1) is 12.8 Å². The van der Waals surface area contributed by atoms with E-state index in [1.807, 2.05) is 39.6 Å². The first-order chi connectivity index (χ1) is 9.74. The summed E-state index contributed by atoms with van der Waals surface area (Å²) in [6.45, 7) is 2.47. The molecule has 6 heteroatoms. The van der Waals surface area contributed by atoms with Crippen molar-refractivity contribution < 1.29 is 5.11 Å². The van der Waals surface area contributed by atoms with Crippen LogP contribution in [0, 0.1) is 4.77 Å². The van der Waals surface area contributed by atoms with E-state index in [0.29, 0.717) is 11.4 Å². The van der Waals surface area contributed by atoms with Crippen molar-refractivity contribution in [1.82, 2.24) is 19.2 Å². The van der Waals surface area contributed by atoms with Gasteiger partial charge >= 0.3 is 0 Å². The van der Waals surface area contributed by atoms with Crippen molar-refractivity contribution in [3.63, 3.8) is 0 Å². The summed E-state index contributed by atoms with van der Waals surface area (Å²) in [6, 6.07) is 9.98. The van der Waals surface area contributed by atoms with Crippen molar-refractivity contribution in [1.29, 1.82) is 0 Å². The van der Waals surface area contributed by atoms with Crippen LogP contribution in [-0.2, 0) is 6.67 Å². The summed E-state index contributed by atoms with van der Waals surface area (Å²) >= 11 is 5.49. The quantitative estimate of drug-likeness (QED) is 0.876. The van der Waals surface area contributed by atoms with E-state index in [4.69, 9.17) is 12.2 Å². The average molecular weight is 290 g/mol. The van der Waals surface area contributed by atoms with E-state index in [-0.39, 0.29) is 6.10 Å². The third-order valence-electron chi connectivity index (χ3n) is 3.66. The van der Waals surface area contributed by atoms with E-state index in [1.165, 1.54) is 0 Å². The number of benzene rings is 1. The summed E-state index contributed by atoms with van der Waals surface area (Å²) < 4.78 is 4.44. The lowest BCUT2D eigenvalue weighted by Crippen LogP contribution is -2.37. The van der Waals surface area contributed by atoms with Crippen LogP contribution >= 0.6 is 12.2 Å². The highest BCUT2D eigenvalue weighted by molar-refractivity contribution is 7.71. The fraction of sp³-hybridized carbons (Fsp3) is 0.429. The molecule has 0 aliphatic carbocycles. The third-order valence-corrected chi connectivity index (χ3v) is 4.07. The van der Waals surface area contributed by atoms with Gasteiger partial charge in [-0.05, 0) is 37.2 Å². The number of piperidine rings is 1. The molecule has 1 aromatic heterocycles. The first-order valence-corrected chi connectivity index (χ1v) is 7.25. The minimum atomic E-state index is -0.152. The van der Waals surface area contributed by atoms with Crippen LogP contribution in [-0.4, -0.2) is 43.5 Å². The molecule has 0 radical (unpaired) electrons. The maximum atomic E-state index is 9.53. The molecule has 3 rings (SSSR count). The molecule has 0 bridgehead atoms. The molecule has 0 unspecified atom stereocenters. The lowest BCUT2D eigenvalue weighted by atomic mass is 10.1. The number of likely N-dealkylation sites (tertiary alicyclic amines) is 1. The summed E-state index contributed by atoms with van der Waals surface area (Å²) in [7, 11) is 0. The van der Waals surface area contributed by atoms with Crippen molar-refractivity contribution in [2.24, 2.45) is 0 Å². The van der Waals surface area contributed by atoms with Gasteiger partial charge in [0.25, 0.3) is 0 Å². The van der Waals surface area contributed by atoms with Crippen LogP contribution in [0.1, 0.15) is 12.8 Å². The SMILES string of the molecule is OC1CCN(Cn2ncn(-c3ccccc3)c2=S)CC1. The highest BCUT2D eigenvalue weighted by Gasteiger charge is 2.17. The average Bonchev–Trinajstić information content (AvgIpc) is 2.84. The topological polar surface area (TPSA) is 46.2 Å². The van der Waals surface area contributed by atoms with E-state index in [9.17, 15) is 5.11 Å². The molecule has 1 saturated heterocycles. The van der Waals surface area contributed by atoms with Gasteiger partial charge in [0.15, 0.2) is 0 Å².